The van der Waals surface area contributed by atoms with Gasteiger partial charge in [-0.15, -0.1) is 0 Å². The Morgan fingerprint density at radius 3 is 3.10 bits per heavy atom. The van der Waals surface area contributed by atoms with Gasteiger partial charge in [0.15, 0.2) is 5.82 Å². The first-order valence-corrected chi connectivity index (χ1v) is 6.96. The van der Waals surface area contributed by atoms with Crippen LogP contribution < -0.4 is 10.1 Å². The number of ether oxygens (including phenoxy) is 1. The molecule has 6 nitrogen and oxygen atoms in total. The van der Waals surface area contributed by atoms with E-state index in [1.807, 2.05) is 25.1 Å². The van der Waals surface area contributed by atoms with E-state index < -0.39 is 0 Å². The highest BCUT2D eigenvalue weighted by Crippen LogP contribution is 2.26. The molecule has 21 heavy (non-hydrogen) atoms. The quantitative estimate of drug-likeness (QED) is 0.926. The van der Waals surface area contributed by atoms with Crippen molar-refractivity contribution < 1.29 is 14.1 Å². The summed E-state index contributed by atoms with van der Waals surface area (Å²) in [5.74, 6) is 1.83. The molecule has 110 valence electrons. The zero-order valence-electron chi connectivity index (χ0n) is 12.0. The first kappa shape index (κ1) is 13.6. The van der Waals surface area contributed by atoms with Gasteiger partial charge in [0, 0.05) is 6.42 Å². The monoisotopic (exact) mass is 287 g/mol. The number of carbonyl (C=O) groups is 1. The molecule has 0 unspecified atom stereocenters. The van der Waals surface area contributed by atoms with Gasteiger partial charge < -0.3 is 14.6 Å². The van der Waals surface area contributed by atoms with E-state index >= 15 is 0 Å². The van der Waals surface area contributed by atoms with Crippen molar-refractivity contribution in [3.8, 4) is 5.75 Å². The van der Waals surface area contributed by atoms with Crippen LogP contribution in [0.15, 0.2) is 22.7 Å². The van der Waals surface area contributed by atoms with Crippen LogP contribution >= 0.6 is 0 Å². The van der Waals surface area contributed by atoms with Crippen LogP contribution in [0.2, 0.25) is 0 Å². The average molecular weight is 287 g/mol. The molecule has 1 aromatic carbocycles. The molecule has 6 heteroatoms. The number of nitrogens with zero attached hydrogens (tertiary/aromatic N) is 2. The molecular weight excluding hydrogens is 270 g/mol. The van der Waals surface area contributed by atoms with Crippen molar-refractivity contribution in [2.75, 3.05) is 6.61 Å². The van der Waals surface area contributed by atoms with Gasteiger partial charge >= 0.3 is 0 Å². The van der Waals surface area contributed by atoms with E-state index in [4.69, 9.17) is 9.26 Å². The van der Waals surface area contributed by atoms with Crippen molar-refractivity contribution in [3.63, 3.8) is 0 Å². The summed E-state index contributed by atoms with van der Waals surface area (Å²) in [7, 11) is 0. The molecule has 0 radical (unpaired) electrons. The van der Waals surface area contributed by atoms with E-state index in [1.54, 1.807) is 6.92 Å². The van der Waals surface area contributed by atoms with Gasteiger partial charge in [-0.2, -0.15) is 4.98 Å². The lowest BCUT2D eigenvalue weighted by atomic mass is 10.1. The van der Waals surface area contributed by atoms with Crippen molar-refractivity contribution in [1.29, 1.82) is 0 Å². The molecule has 1 N–H and O–H groups in total. The Balaban J connectivity index is 1.61. The van der Waals surface area contributed by atoms with Gasteiger partial charge in [0.05, 0.1) is 13.0 Å². The van der Waals surface area contributed by atoms with E-state index in [2.05, 4.69) is 15.5 Å². The summed E-state index contributed by atoms with van der Waals surface area (Å²) in [5, 5.41) is 6.58. The fourth-order valence-corrected chi connectivity index (χ4v) is 2.38. The molecule has 0 saturated carbocycles. The minimum Gasteiger partial charge on any atom is -0.493 e. The number of aromatic nitrogens is 2. The van der Waals surface area contributed by atoms with Crippen LogP contribution in [0.4, 0.5) is 0 Å². The number of rotatable bonds is 4. The second-order valence-electron chi connectivity index (χ2n) is 5.19. The summed E-state index contributed by atoms with van der Waals surface area (Å²) in [6.07, 6.45) is 1.23. The largest absolute Gasteiger partial charge is 0.493 e. The predicted molar refractivity (Wildman–Crippen MR) is 74.9 cm³/mol. The molecule has 1 aliphatic rings. The zero-order valence-corrected chi connectivity index (χ0v) is 12.0. The van der Waals surface area contributed by atoms with Crippen LogP contribution in [-0.2, 0) is 17.6 Å². The van der Waals surface area contributed by atoms with Crippen LogP contribution in [-0.4, -0.2) is 22.7 Å². The van der Waals surface area contributed by atoms with E-state index in [-0.39, 0.29) is 11.9 Å². The fraction of sp³-hybridized carbons (Fsp3) is 0.400. The number of amides is 1. The maximum atomic E-state index is 12.1. The van der Waals surface area contributed by atoms with Crippen LogP contribution in [0.25, 0.3) is 0 Å². The normalized spacial score (nSPS) is 14.4. The highest BCUT2D eigenvalue weighted by molar-refractivity contribution is 5.79. The fourth-order valence-electron chi connectivity index (χ4n) is 2.38. The molecule has 1 amide bonds. The van der Waals surface area contributed by atoms with Crippen molar-refractivity contribution in [3.05, 3.63) is 41.0 Å². The van der Waals surface area contributed by atoms with Crippen molar-refractivity contribution in [2.45, 2.75) is 32.7 Å². The second-order valence-corrected chi connectivity index (χ2v) is 5.19. The Morgan fingerprint density at radius 2 is 2.33 bits per heavy atom. The third-order valence-corrected chi connectivity index (χ3v) is 3.41. The molecule has 1 atom stereocenters. The Kier molecular flexibility index (Phi) is 3.60. The van der Waals surface area contributed by atoms with Crippen molar-refractivity contribution >= 4 is 5.91 Å². The van der Waals surface area contributed by atoms with Crippen LogP contribution in [0.3, 0.4) is 0 Å². The molecule has 1 aliphatic heterocycles. The predicted octanol–water partition coefficient (Wildman–Crippen LogP) is 1.73. The summed E-state index contributed by atoms with van der Waals surface area (Å²) in [4.78, 5) is 16.2. The maximum Gasteiger partial charge on any atom is 0.248 e. The molecule has 0 aliphatic carbocycles. The smallest absolute Gasteiger partial charge is 0.248 e. The van der Waals surface area contributed by atoms with Gasteiger partial charge in [-0.25, -0.2) is 0 Å². The lowest BCUT2D eigenvalue weighted by Crippen LogP contribution is -2.28. The third-order valence-electron chi connectivity index (χ3n) is 3.41. The number of fused-ring (bicyclic) bond motifs is 1. The lowest BCUT2D eigenvalue weighted by Gasteiger charge is -2.10. The minimum atomic E-state index is -0.295. The van der Waals surface area contributed by atoms with Gasteiger partial charge in [-0.3, -0.25) is 4.79 Å². The Morgan fingerprint density at radius 1 is 1.48 bits per heavy atom. The molecule has 0 saturated heterocycles. The SMILES string of the molecule is Cc1noc([C@@H](C)NC(=O)Cc2ccc3c(c2)CCO3)n1. The van der Waals surface area contributed by atoms with E-state index in [0.29, 0.717) is 18.1 Å². The average Bonchev–Trinajstić information content (AvgIpc) is 3.06. The molecule has 2 aromatic rings. The molecule has 0 spiro atoms. The number of carbonyl (C=O) groups excluding carboxylic acids is 1. The number of benzene rings is 1. The molecule has 2 heterocycles. The van der Waals surface area contributed by atoms with E-state index in [0.717, 1.165) is 24.3 Å². The first-order chi connectivity index (χ1) is 10.1. The number of hydrogen-bond donors (Lipinski definition) is 1. The topological polar surface area (TPSA) is 77.2 Å². The highest BCUT2D eigenvalue weighted by Gasteiger charge is 2.17. The van der Waals surface area contributed by atoms with Crippen LogP contribution in [0.5, 0.6) is 5.75 Å². The van der Waals surface area contributed by atoms with Crippen LogP contribution in [0, 0.1) is 6.92 Å². The van der Waals surface area contributed by atoms with Crippen molar-refractivity contribution in [1.82, 2.24) is 15.5 Å². The Labute approximate surface area is 122 Å². The van der Waals surface area contributed by atoms with Gasteiger partial charge in [-0.05, 0) is 31.0 Å². The molecule has 0 bridgehead atoms. The Hall–Kier alpha value is -2.37. The lowest BCUT2D eigenvalue weighted by molar-refractivity contribution is -0.121. The zero-order chi connectivity index (χ0) is 14.8. The summed E-state index contributed by atoms with van der Waals surface area (Å²) in [5.41, 5.74) is 2.14. The molecule has 0 fully saturated rings. The summed E-state index contributed by atoms with van der Waals surface area (Å²) in [6.45, 7) is 4.29. The van der Waals surface area contributed by atoms with E-state index in [9.17, 15) is 4.79 Å². The van der Waals surface area contributed by atoms with Crippen LogP contribution in [0.1, 0.15) is 35.8 Å². The number of nitrogens with one attached hydrogen (secondary N) is 1. The second kappa shape index (κ2) is 5.55. The summed E-state index contributed by atoms with van der Waals surface area (Å²) in [6, 6.07) is 5.58. The third kappa shape index (κ3) is 3.04. The van der Waals surface area contributed by atoms with Gasteiger partial charge in [0.1, 0.15) is 11.8 Å². The summed E-state index contributed by atoms with van der Waals surface area (Å²) >= 11 is 0. The molecule has 1 aromatic heterocycles. The number of aryl methyl sites for hydroxylation is 1. The minimum absolute atomic E-state index is 0.0720. The standard InChI is InChI=1S/C15H17N3O3/c1-9(15-17-10(2)18-21-15)16-14(19)8-11-3-4-13-12(7-11)5-6-20-13/h3-4,7,9H,5-6,8H2,1-2H3,(H,16,19)/t9-/m1/s1. The van der Waals surface area contributed by atoms with Gasteiger partial charge in [0.25, 0.3) is 0 Å². The Bertz CT molecular complexity index is 666. The van der Waals surface area contributed by atoms with Gasteiger partial charge in [-0.1, -0.05) is 17.3 Å². The van der Waals surface area contributed by atoms with E-state index in [1.165, 1.54) is 5.56 Å². The molecular formula is C15H17N3O3. The van der Waals surface area contributed by atoms with Crippen molar-refractivity contribution in [2.24, 2.45) is 0 Å². The van der Waals surface area contributed by atoms with Gasteiger partial charge in [0.2, 0.25) is 11.8 Å². The first-order valence-electron chi connectivity index (χ1n) is 6.96. The number of hydrogen-bond acceptors (Lipinski definition) is 5. The maximum absolute atomic E-state index is 12.1. The highest BCUT2D eigenvalue weighted by atomic mass is 16.5. The molecule has 3 rings (SSSR count). The summed E-state index contributed by atoms with van der Waals surface area (Å²) < 4.78 is 10.5.